The van der Waals surface area contributed by atoms with E-state index in [0.717, 1.165) is 12.8 Å². The molecular weight excluding hydrogens is 183 g/mol. The smallest absolute Gasteiger partial charge is 0.596 e. The Balaban J connectivity index is 0. The Morgan fingerprint density at radius 3 is 2.50 bits per heavy atom. The molecule has 0 fully saturated rings. The summed E-state index contributed by atoms with van der Waals surface area (Å²) in [5.41, 5.74) is 0. The maximum absolute atomic E-state index is 5.58. The first-order valence-corrected chi connectivity index (χ1v) is 6.16. The van der Waals surface area contributed by atoms with E-state index in [1.54, 1.807) is 0 Å². The van der Waals surface area contributed by atoms with Crippen molar-refractivity contribution >= 4 is 9.76 Å². The fourth-order valence-electron chi connectivity index (χ4n) is 0.666. The Kier molecular flexibility index (Phi) is 10.3. The van der Waals surface area contributed by atoms with Crippen molar-refractivity contribution in [3.8, 4) is 12.3 Å². The average molecular weight is 204 g/mol. The van der Waals surface area contributed by atoms with Crippen molar-refractivity contribution in [1.82, 2.24) is 0 Å². The van der Waals surface area contributed by atoms with E-state index in [0.29, 0.717) is 11.0 Å². The molecule has 14 heavy (non-hydrogen) atoms. The second-order valence-corrected chi connectivity index (χ2v) is 6.81. The van der Waals surface area contributed by atoms with Gasteiger partial charge in [0.1, 0.15) is 9.76 Å². The van der Waals surface area contributed by atoms with Crippen molar-refractivity contribution in [2.75, 3.05) is 0 Å². The quantitative estimate of drug-likeness (QED) is 0.246. The van der Waals surface area contributed by atoms with Crippen LogP contribution in [0.2, 0.25) is 5.04 Å². The zero-order valence-corrected chi connectivity index (χ0v) is 11.7. The second kappa shape index (κ2) is 8.63. The van der Waals surface area contributed by atoms with Gasteiger partial charge in [0.05, 0.1) is 0 Å². The van der Waals surface area contributed by atoms with E-state index < -0.39 is 9.76 Å². The Labute approximate surface area is 103 Å². The molecule has 0 heterocycles. The molecule has 0 atom stereocenters. The summed E-state index contributed by atoms with van der Waals surface area (Å²) in [6, 6.07) is 0. The topological polar surface area (TPSA) is 9.23 Å². The summed E-state index contributed by atoms with van der Waals surface area (Å²) in [7, 11) is -0.460. The summed E-state index contributed by atoms with van der Waals surface area (Å²) in [6.07, 6.45) is 6.81. The van der Waals surface area contributed by atoms with Crippen LogP contribution in [0.5, 0.6) is 0 Å². The third-order valence-corrected chi connectivity index (χ3v) is 4.51. The van der Waals surface area contributed by atoms with Gasteiger partial charge in [0.15, 0.2) is 0 Å². The number of hydrogen-bond donors (Lipinski definition) is 0. The van der Waals surface area contributed by atoms with Crippen LogP contribution in [0, 0.1) is 24.9 Å². The van der Waals surface area contributed by atoms with Gasteiger partial charge in [-0.1, -0.05) is 27.7 Å². The molecule has 0 aliphatic heterocycles. The molecule has 0 unspecified atom stereocenters. The van der Waals surface area contributed by atoms with Crippen molar-refractivity contribution in [3.05, 3.63) is 6.61 Å². The third-order valence-electron chi connectivity index (χ3n) is 2.54. The van der Waals surface area contributed by atoms with Crippen molar-refractivity contribution in [3.63, 3.8) is 0 Å². The average Bonchev–Trinajstić information content (AvgIpc) is 2.03. The van der Waals surface area contributed by atoms with Crippen molar-refractivity contribution in [2.24, 2.45) is 5.92 Å². The molecule has 0 aromatic carbocycles. The van der Waals surface area contributed by atoms with Gasteiger partial charge in [-0.15, -0.1) is 18.8 Å². The van der Waals surface area contributed by atoms with Crippen LogP contribution in [0.1, 0.15) is 40.5 Å². The molecule has 0 bridgehead atoms. The number of hydrogen-bond acceptors (Lipinski definition) is 1. The Hall–Kier alpha value is 0.334. The molecule has 0 N–H and O–H groups in total. The van der Waals surface area contributed by atoms with Crippen LogP contribution in [0.25, 0.3) is 0 Å². The van der Waals surface area contributed by atoms with Gasteiger partial charge in [0.25, 0.3) is 0 Å². The second-order valence-electron chi connectivity index (χ2n) is 4.36. The Morgan fingerprint density at radius 1 is 1.50 bits per heavy atom. The Morgan fingerprint density at radius 2 is 2.07 bits per heavy atom. The molecule has 0 spiro atoms. The fourth-order valence-corrected chi connectivity index (χ4v) is 1.71. The van der Waals surface area contributed by atoms with E-state index in [9.17, 15) is 0 Å². The molecule has 1 nitrogen and oxygen atoms in total. The predicted molar refractivity (Wildman–Crippen MR) is 60.9 cm³/mol. The Bertz CT molecular complexity index is 173. The van der Waals surface area contributed by atoms with Crippen molar-refractivity contribution < 1.29 is 23.3 Å². The van der Waals surface area contributed by atoms with Gasteiger partial charge >= 0.3 is 18.9 Å². The van der Waals surface area contributed by atoms with E-state index in [1.165, 1.54) is 0 Å². The maximum atomic E-state index is 5.58. The molecule has 3 heteroatoms. The number of terminal acetylenes is 1. The van der Waals surface area contributed by atoms with Crippen LogP contribution >= 0.6 is 0 Å². The molecule has 0 aliphatic rings. The minimum absolute atomic E-state index is 0. The van der Waals surface area contributed by atoms with Gasteiger partial charge in [-0.3, -0.25) is 0 Å². The SMILES string of the molecule is C#CCC[CH-]O[SiH2]C(C)(C)C(C)C.[Li+]. The molecule has 0 aromatic rings. The molecule has 0 radical (unpaired) electrons. The first-order chi connectivity index (χ1) is 6.00. The van der Waals surface area contributed by atoms with Gasteiger partial charge in [-0.05, 0) is 17.4 Å². The maximum Gasteiger partial charge on any atom is 1.00 e. The van der Waals surface area contributed by atoms with Crippen molar-refractivity contribution in [1.29, 1.82) is 0 Å². The van der Waals surface area contributed by atoms with Gasteiger partial charge in [-0.25, -0.2) is 6.61 Å². The summed E-state index contributed by atoms with van der Waals surface area (Å²) in [5.74, 6) is 3.29. The predicted octanol–water partition coefficient (Wildman–Crippen LogP) is -0.480. The van der Waals surface area contributed by atoms with Crippen LogP contribution in [-0.4, -0.2) is 9.76 Å². The van der Waals surface area contributed by atoms with E-state index in [2.05, 4.69) is 33.6 Å². The number of unbranched alkanes of at least 4 members (excludes halogenated alkanes) is 1. The largest absolute Gasteiger partial charge is 1.00 e. The van der Waals surface area contributed by atoms with E-state index in [-0.39, 0.29) is 18.9 Å². The summed E-state index contributed by atoms with van der Waals surface area (Å²) in [4.78, 5) is 0. The first kappa shape index (κ1) is 16.8. The summed E-state index contributed by atoms with van der Waals surface area (Å²) in [5, 5.41) is 0.382. The molecule has 76 valence electrons. The minimum atomic E-state index is -0.460. The zero-order chi connectivity index (χ0) is 10.3. The molecule has 0 rings (SSSR count). The summed E-state index contributed by atoms with van der Waals surface area (Å²) in [6.45, 7) is 10.9. The summed E-state index contributed by atoms with van der Waals surface area (Å²) < 4.78 is 5.58. The minimum Gasteiger partial charge on any atom is -0.596 e. The van der Waals surface area contributed by atoms with Crippen LogP contribution in [0.3, 0.4) is 0 Å². The third kappa shape index (κ3) is 7.71. The van der Waals surface area contributed by atoms with Crippen LogP contribution in [0.15, 0.2) is 0 Å². The van der Waals surface area contributed by atoms with Crippen LogP contribution in [0.4, 0.5) is 0 Å². The van der Waals surface area contributed by atoms with Crippen LogP contribution < -0.4 is 18.9 Å². The fraction of sp³-hybridized carbons (Fsp3) is 0.727. The summed E-state index contributed by atoms with van der Waals surface area (Å²) >= 11 is 0. The van der Waals surface area contributed by atoms with E-state index in [4.69, 9.17) is 10.8 Å². The molecule has 0 aromatic heterocycles. The van der Waals surface area contributed by atoms with Gasteiger partial charge in [-0.2, -0.15) is 0 Å². The molecule has 0 saturated heterocycles. The van der Waals surface area contributed by atoms with Gasteiger partial charge in [0.2, 0.25) is 0 Å². The van der Waals surface area contributed by atoms with Crippen molar-refractivity contribution in [2.45, 2.75) is 45.6 Å². The van der Waals surface area contributed by atoms with Crippen LogP contribution in [-0.2, 0) is 4.43 Å². The van der Waals surface area contributed by atoms with Gasteiger partial charge < -0.3 is 4.43 Å². The van der Waals surface area contributed by atoms with E-state index in [1.807, 2.05) is 6.61 Å². The molecular formula is C11H21LiOSi. The number of rotatable bonds is 6. The van der Waals surface area contributed by atoms with Gasteiger partial charge in [0, 0.05) is 0 Å². The monoisotopic (exact) mass is 204 g/mol. The first-order valence-electron chi connectivity index (χ1n) is 4.87. The molecule has 0 amide bonds. The molecule has 0 saturated carbocycles. The normalized spacial score (nSPS) is 11.7. The standard InChI is InChI=1S/C11H21OSi.Li/c1-6-7-8-9-12-13-11(4,5)10(2)3;/h1,9-10H,7-8,13H2,2-5H3;/q-1;+1. The zero-order valence-electron chi connectivity index (χ0n) is 10.3. The van der Waals surface area contributed by atoms with E-state index >= 15 is 0 Å². The molecule has 0 aliphatic carbocycles.